The van der Waals surface area contributed by atoms with Crippen LogP contribution in [-0.2, 0) is 4.79 Å². The predicted molar refractivity (Wildman–Crippen MR) is 77.7 cm³/mol. The van der Waals surface area contributed by atoms with Gasteiger partial charge in [-0.3, -0.25) is 4.79 Å². The molecule has 0 aliphatic heterocycles. The normalized spacial score (nSPS) is 18.2. The fraction of sp³-hybridized carbons (Fsp3) is 0.933. The number of carbonyl (C=O) groups is 1. The van der Waals surface area contributed by atoms with Crippen LogP contribution in [0.2, 0.25) is 0 Å². The Kier molecular flexibility index (Phi) is 8.84. The van der Waals surface area contributed by atoms with Crippen LogP contribution in [0.15, 0.2) is 0 Å². The lowest BCUT2D eigenvalue weighted by molar-refractivity contribution is -0.121. The number of amides is 1. The highest BCUT2D eigenvalue weighted by atomic mass is 16.3. The molecule has 1 atom stereocenters. The zero-order chi connectivity index (χ0) is 13.9. The maximum Gasteiger partial charge on any atom is 0.220 e. The molecule has 1 fully saturated rings. The molecule has 1 aliphatic rings. The highest BCUT2D eigenvalue weighted by Crippen LogP contribution is 2.26. The van der Waals surface area contributed by atoms with Gasteiger partial charge in [-0.05, 0) is 38.1 Å². The molecule has 1 unspecified atom stereocenters. The molecule has 4 heteroatoms. The number of unbranched alkanes of at least 4 members (excludes halogenated alkanes) is 3. The van der Waals surface area contributed by atoms with Crippen LogP contribution < -0.4 is 11.1 Å². The Bertz CT molecular complexity index is 240. The van der Waals surface area contributed by atoms with Gasteiger partial charge in [-0.25, -0.2) is 0 Å². The largest absolute Gasteiger partial charge is 0.391 e. The maximum atomic E-state index is 11.6. The third-order valence-electron chi connectivity index (χ3n) is 4.06. The van der Waals surface area contributed by atoms with E-state index in [9.17, 15) is 9.90 Å². The highest BCUT2D eigenvalue weighted by molar-refractivity contribution is 5.75. The smallest absolute Gasteiger partial charge is 0.220 e. The first kappa shape index (κ1) is 16.4. The number of hydrogen-bond acceptors (Lipinski definition) is 3. The van der Waals surface area contributed by atoms with Crippen molar-refractivity contribution in [2.75, 3.05) is 13.1 Å². The molecule has 0 spiro atoms. The average Bonchev–Trinajstić information content (AvgIpc) is 2.45. The summed E-state index contributed by atoms with van der Waals surface area (Å²) in [4.78, 5) is 11.6. The molecule has 4 nitrogen and oxygen atoms in total. The van der Waals surface area contributed by atoms with Gasteiger partial charge in [0.05, 0.1) is 6.10 Å². The van der Waals surface area contributed by atoms with Gasteiger partial charge in [0.1, 0.15) is 0 Å². The van der Waals surface area contributed by atoms with Crippen molar-refractivity contribution in [2.24, 2.45) is 11.7 Å². The number of aliphatic hydroxyl groups excluding tert-OH is 1. The van der Waals surface area contributed by atoms with E-state index < -0.39 is 0 Å². The summed E-state index contributed by atoms with van der Waals surface area (Å²) in [6, 6.07) is 0. The first-order valence-electron chi connectivity index (χ1n) is 7.89. The minimum Gasteiger partial charge on any atom is -0.391 e. The summed E-state index contributed by atoms with van der Waals surface area (Å²) in [5, 5.41) is 12.9. The number of aliphatic hydroxyl groups is 1. The van der Waals surface area contributed by atoms with Gasteiger partial charge in [-0.1, -0.05) is 32.1 Å². The van der Waals surface area contributed by atoms with E-state index in [1.807, 2.05) is 0 Å². The van der Waals surface area contributed by atoms with Crippen LogP contribution in [0.1, 0.15) is 64.2 Å². The van der Waals surface area contributed by atoms with Crippen LogP contribution >= 0.6 is 0 Å². The van der Waals surface area contributed by atoms with E-state index in [4.69, 9.17) is 5.73 Å². The van der Waals surface area contributed by atoms with E-state index in [-0.39, 0.29) is 12.0 Å². The third-order valence-corrected chi connectivity index (χ3v) is 4.06. The minimum absolute atomic E-state index is 0.0719. The zero-order valence-electron chi connectivity index (χ0n) is 12.1. The molecule has 112 valence electrons. The molecule has 1 saturated carbocycles. The third kappa shape index (κ3) is 7.53. The molecule has 0 aromatic rings. The summed E-state index contributed by atoms with van der Waals surface area (Å²) in [5.74, 6) is 0.459. The summed E-state index contributed by atoms with van der Waals surface area (Å²) in [5.41, 5.74) is 5.42. The number of nitrogens with one attached hydrogen (secondary N) is 1. The predicted octanol–water partition coefficient (Wildman–Crippen LogP) is 1.95. The second-order valence-electron chi connectivity index (χ2n) is 5.72. The zero-order valence-corrected chi connectivity index (χ0v) is 12.1. The summed E-state index contributed by atoms with van der Waals surface area (Å²) in [6.45, 7) is 1.16. The lowest BCUT2D eigenvalue weighted by Crippen LogP contribution is -2.36. The van der Waals surface area contributed by atoms with Crippen molar-refractivity contribution in [1.82, 2.24) is 5.32 Å². The minimum atomic E-state index is -0.360. The fourth-order valence-corrected chi connectivity index (χ4v) is 2.78. The van der Waals surface area contributed by atoms with Gasteiger partial charge >= 0.3 is 0 Å². The van der Waals surface area contributed by atoms with Crippen LogP contribution in [0, 0.1) is 5.92 Å². The van der Waals surface area contributed by atoms with Crippen molar-refractivity contribution in [3.05, 3.63) is 0 Å². The molecule has 1 rings (SSSR count). The second kappa shape index (κ2) is 10.2. The molecule has 0 saturated heterocycles. The molecule has 19 heavy (non-hydrogen) atoms. The van der Waals surface area contributed by atoms with Gasteiger partial charge in [-0.15, -0.1) is 0 Å². The molecule has 0 heterocycles. The topological polar surface area (TPSA) is 75.4 Å². The average molecular weight is 270 g/mol. The number of carbonyl (C=O) groups excluding carboxylic acids is 1. The molecule has 1 amide bonds. The number of hydrogen-bond donors (Lipinski definition) is 3. The first-order chi connectivity index (χ1) is 9.24. The van der Waals surface area contributed by atoms with Gasteiger partial charge in [0.15, 0.2) is 0 Å². The molecule has 0 aromatic carbocycles. The van der Waals surface area contributed by atoms with Crippen molar-refractivity contribution in [3.8, 4) is 0 Å². The monoisotopic (exact) mass is 270 g/mol. The van der Waals surface area contributed by atoms with E-state index in [2.05, 4.69) is 5.32 Å². The fourth-order valence-electron chi connectivity index (χ4n) is 2.78. The Hall–Kier alpha value is -0.610. The van der Waals surface area contributed by atoms with Crippen molar-refractivity contribution in [3.63, 3.8) is 0 Å². The van der Waals surface area contributed by atoms with Gasteiger partial charge < -0.3 is 16.2 Å². The van der Waals surface area contributed by atoms with Crippen LogP contribution in [0.25, 0.3) is 0 Å². The molecule has 4 N–H and O–H groups in total. The lowest BCUT2D eigenvalue weighted by Gasteiger charge is -2.26. The molecule has 0 aromatic heterocycles. The number of nitrogens with two attached hydrogens (primary N) is 1. The van der Waals surface area contributed by atoms with Crippen molar-refractivity contribution < 1.29 is 9.90 Å². The van der Waals surface area contributed by atoms with E-state index >= 15 is 0 Å². The van der Waals surface area contributed by atoms with Gasteiger partial charge in [-0.2, -0.15) is 0 Å². The Morgan fingerprint density at radius 3 is 2.53 bits per heavy atom. The van der Waals surface area contributed by atoms with Crippen LogP contribution in [-0.4, -0.2) is 30.2 Å². The molecular formula is C15H30N2O2. The summed E-state index contributed by atoms with van der Waals surface area (Å²) in [6.07, 6.45) is 10.3. The van der Waals surface area contributed by atoms with Gasteiger partial charge in [0, 0.05) is 13.0 Å². The standard InChI is InChI=1S/C15H30N2O2/c16-11-7-2-1-6-10-15(19)17-12-14(18)13-8-4-3-5-9-13/h13-14,18H,1-12,16H2,(H,17,19). The van der Waals surface area contributed by atoms with E-state index in [1.54, 1.807) is 0 Å². The first-order valence-corrected chi connectivity index (χ1v) is 7.89. The quantitative estimate of drug-likeness (QED) is 0.561. The summed E-state index contributed by atoms with van der Waals surface area (Å²) < 4.78 is 0. The Labute approximate surface area is 117 Å². The van der Waals surface area contributed by atoms with Gasteiger partial charge in [0.25, 0.3) is 0 Å². The van der Waals surface area contributed by atoms with Crippen molar-refractivity contribution in [1.29, 1.82) is 0 Å². The molecular weight excluding hydrogens is 240 g/mol. The molecule has 0 radical (unpaired) electrons. The van der Waals surface area contributed by atoms with E-state index in [0.29, 0.717) is 18.9 Å². The Morgan fingerprint density at radius 1 is 1.16 bits per heavy atom. The van der Waals surface area contributed by atoms with E-state index in [1.165, 1.54) is 19.3 Å². The number of rotatable bonds is 9. The lowest BCUT2D eigenvalue weighted by atomic mass is 9.85. The maximum absolute atomic E-state index is 11.6. The second-order valence-corrected chi connectivity index (χ2v) is 5.72. The Morgan fingerprint density at radius 2 is 1.84 bits per heavy atom. The van der Waals surface area contributed by atoms with Crippen LogP contribution in [0.3, 0.4) is 0 Å². The van der Waals surface area contributed by atoms with Crippen molar-refractivity contribution >= 4 is 5.91 Å². The molecule has 1 aliphatic carbocycles. The summed E-state index contributed by atoms with van der Waals surface area (Å²) >= 11 is 0. The van der Waals surface area contributed by atoms with Gasteiger partial charge in [0.2, 0.25) is 5.91 Å². The SMILES string of the molecule is NCCCCCCC(=O)NCC(O)C1CCCCC1. The van der Waals surface area contributed by atoms with Crippen molar-refractivity contribution in [2.45, 2.75) is 70.3 Å². The Balaban J connectivity index is 2.02. The van der Waals surface area contributed by atoms with Crippen LogP contribution in [0.5, 0.6) is 0 Å². The van der Waals surface area contributed by atoms with E-state index in [0.717, 1.165) is 45.1 Å². The highest BCUT2D eigenvalue weighted by Gasteiger charge is 2.21. The molecule has 0 bridgehead atoms. The van der Waals surface area contributed by atoms with Crippen LogP contribution in [0.4, 0.5) is 0 Å². The summed E-state index contributed by atoms with van der Waals surface area (Å²) in [7, 11) is 0.